The van der Waals surface area contributed by atoms with Crippen molar-refractivity contribution < 1.29 is 0 Å². The summed E-state index contributed by atoms with van der Waals surface area (Å²) >= 11 is 0. The lowest BCUT2D eigenvalue weighted by Gasteiger charge is -2.46. The molecular formula is C60H63BN2. The first-order valence-corrected chi connectivity index (χ1v) is 25.2. The number of hydrogen-bond donors (Lipinski definition) is 0. The maximum atomic E-state index is 2.89. The molecule has 4 bridgehead atoms. The van der Waals surface area contributed by atoms with Crippen molar-refractivity contribution in [1.82, 2.24) is 9.05 Å². The fourth-order valence-electron chi connectivity index (χ4n) is 15.5. The Morgan fingerprint density at radius 2 is 1.13 bits per heavy atom. The molecule has 4 heterocycles. The van der Waals surface area contributed by atoms with E-state index in [9.17, 15) is 0 Å². The predicted octanol–water partition coefficient (Wildman–Crippen LogP) is 14.8. The van der Waals surface area contributed by atoms with Crippen LogP contribution in [0.2, 0.25) is 0 Å². The third-order valence-corrected chi connectivity index (χ3v) is 18.6. The first-order chi connectivity index (χ1) is 30.4. The van der Waals surface area contributed by atoms with Crippen LogP contribution in [0.15, 0.2) is 91.0 Å². The van der Waals surface area contributed by atoms with Gasteiger partial charge in [-0.15, -0.1) is 0 Å². The lowest BCUT2D eigenvalue weighted by Crippen LogP contribution is -2.55. The van der Waals surface area contributed by atoms with Gasteiger partial charge in [-0.25, -0.2) is 0 Å². The first-order valence-electron chi connectivity index (χ1n) is 25.2. The molecule has 6 aromatic carbocycles. The van der Waals surface area contributed by atoms with Gasteiger partial charge in [-0.05, 0) is 165 Å². The van der Waals surface area contributed by atoms with Crippen LogP contribution in [-0.4, -0.2) is 15.9 Å². The van der Waals surface area contributed by atoms with Crippen molar-refractivity contribution in [3.05, 3.63) is 113 Å². The normalized spacial score (nSPS) is 25.1. The van der Waals surface area contributed by atoms with Crippen LogP contribution in [-0.2, 0) is 21.7 Å². The second-order valence-corrected chi connectivity index (χ2v) is 24.1. The minimum Gasteiger partial charge on any atom is -0.375 e. The number of benzene rings is 6. The molecule has 2 nitrogen and oxygen atoms in total. The Labute approximate surface area is 374 Å². The quantitative estimate of drug-likeness (QED) is 0.154. The van der Waals surface area contributed by atoms with E-state index in [-0.39, 0.29) is 23.1 Å². The third kappa shape index (κ3) is 5.04. The zero-order valence-electron chi connectivity index (χ0n) is 38.7. The van der Waals surface area contributed by atoms with Crippen LogP contribution in [0.5, 0.6) is 0 Å². The molecule has 2 aliphatic heterocycles. The summed E-state index contributed by atoms with van der Waals surface area (Å²) in [5.41, 5.74) is 19.7. The van der Waals surface area contributed by atoms with Gasteiger partial charge >= 0.3 is 6.85 Å². The van der Waals surface area contributed by atoms with E-state index >= 15 is 0 Å². The van der Waals surface area contributed by atoms with Gasteiger partial charge in [0.15, 0.2) is 0 Å². The molecule has 4 fully saturated rings. The van der Waals surface area contributed by atoms with E-state index in [1.807, 2.05) is 0 Å². The second-order valence-electron chi connectivity index (χ2n) is 24.1. The molecule has 0 N–H and O–H groups in total. The van der Waals surface area contributed by atoms with Crippen LogP contribution in [0, 0.1) is 11.8 Å². The van der Waals surface area contributed by atoms with Gasteiger partial charge in [-0.3, -0.25) is 0 Å². The Balaban J connectivity index is 1.16. The van der Waals surface area contributed by atoms with Gasteiger partial charge in [0.1, 0.15) is 0 Å². The molecule has 6 aliphatic rings. The minimum absolute atomic E-state index is 0.00792. The zero-order chi connectivity index (χ0) is 42.4. The number of hydrogen-bond acceptors (Lipinski definition) is 0. The van der Waals surface area contributed by atoms with Crippen LogP contribution in [0.3, 0.4) is 0 Å². The molecule has 0 atom stereocenters. The Morgan fingerprint density at radius 1 is 0.524 bits per heavy atom. The maximum absolute atomic E-state index is 2.89. The molecule has 14 rings (SSSR count). The SMILES string of the molecule is CC(C)(C)c1ccc2c(c1)c1cc(C(C)(C)C)cc3c1n2-c1c2c(cc4ccccc14)-c1cc(C45CCCC(CCC4)C5)cc4c5cc(C67CCCC(CCC6)C7)ccc5n(c14)B23. The Kier molecular flexibility index (Phi) is 7.48. The summed E-state index contributed by atoms with van der Waals surface area (Å²) in [5.74, 6) is 1.79. The average Bonchev–Trinajstić information content (AvgIpc) is 3.78. The number of aromatic nitrogens is 2. The molecule has 4 saturated carbocycles. The largest absolute Gasteiger partial charge is 0.375 e. The Hall–Kier alpha value is -4.76. The van der Waals surface area contributed by atoms with Crippen molar-refractivity contribution in [2.45, 2.75) is 153 Å². The van der Waals surface area contributed by atoms with Crippen molar-refractivity contribution >= 4 is 72.2 Å². The highest BCUT2D eigenvalue weighted by molar-refractivity contribution is 6.90. The van der Waals surface area contributed by atoms with Crippen molar-refractivity contribution in [3.8, 4) is 16.8 Å². The highest BCUT2D eigenvalue weighted by atomic mass is 15.0. The van der Waals surface area contributed by atoms with Gasteiger partial charge in [0.25, 0.3) is 0 Å². The molecule has 4 aliphatic carbocycles. The summed E-state index contributed by atoms with van der Waals surface area (Å²) in [7, 11) is 0. The highest BCUT2D eigenvalue weighted by Gasteiger charge is 2.47. The molecule has 0 radical (unpaired) electrons. The summed E-state index contributed by atoms with van der Waals surface area (Å²) in [6, 6.07) is 38.2. The summed E-state index contributed by atoms with van der Waals surface area (Å²) in [6.45, 7) is 14.4. The van der Waals surface area contributed by atoms with Crippen LogP contribution in [0.1, 0.15) is 154 Å². The third-order valence-electron chi connectivity index (χ3n) is 18.6. The lowest BCUT2D eigenvalue weighted by atomic mass is 9.45. The van der Waals surface area contributed by atoms with E-state index in [1.54, 1.807) is 11.1 Å². The van der Waals surface area contributed by atoms with E-state index in [0.717, 1.165) is 11.8 Å². The smallest absolute Gasteiger partial charge is 0.333 e. The number of fused-ring (bicyclic) bond motifs is 16. The Bertz CT molecular complexity index is 3280. The van der Waals surface area contributed by atoms with Crippen molar-refractivity contribution in [2.24, 2.45) is 11.8 Å². The highest BCUT2D eigenvalue weighted by Crippen LogP contribution is 2.55. The average molecular weight is 823 g/mol. The van der Waals surface area contributed by atoms with Crippen molar-refractivity contribution in [2.75, 3.05) is 0 Å². The van der Waals surface area contributed by atoms with Crippen LogP contribution in [0.4, 0.5) is 0 Å². The van der Waals surface area contributed by atoms with E-state index < -0.39 is 0 Å². The zero-order valence-corrected chi connectivity index (χ0v) is 38.7. The minimum atomic E-state index is -0.00792. The van der Waals surface area contributed by atoms with Crippen LogP contribution < -0.4 is 10.9 Å². The standard InChI is InChI=1S/C60H63BN2/c1-57(2,3)39-19-21-51-44(28-39)48-30-41(58(4,5)6)33-50-55(48)62(51)56-43-18-8-7-17-38(43)27-46-49-32-42(60-25-11-15-37(35-60)16-12-26-60)31-47-45-29-40(59-23-9-13-36(34-59)14-10-24-59)20-22-52(45)63(54(47)49)61(50)53(46)56/h7-8,17-22,27-33,36-37H,9-16,23-26,34-35H2,1-6H3. The molecule has 2 aromatic heterocycles. The van der Waals surface area contributed by atoms with Crippen LogP contribution in [0.25, 0.3) is 71.2 Å². The van der Waals surface area contributed by atoms with Gasteiger partial charge < -0.3 is 9.05 Å². The summed E-state index contributed by atoms with van der Waals surface area (Å²) in [5, 5.41) is 8.53. The maximum Gasteiger partial charge on any atom is 0.333 e. The Morgan fingerprint density at radius 3 is 1.83 bits per heavy atom. The van der Waals surface area contributed by atoms with E-state index in [4.69, 9.17) is 0 Å². The van der Waals surface area contributed by atoms with Gasteiger partial charge in [0.2, 0.25) is 0 Å². The fourth-order valence-corrected chi connectivity index (χ4v) is 15.5. The predicted molar refractivity (Wildman–Crippen MR) is 270 cm³/mol. The topological polar surface area (TPSA) is 9.86 Å². The van der Waals surface area contributed by atoms with Crippen LogP contribution >= 0.6 is 0 Å². The summed E-state index contributed by atoms with van der Waals surface area (Å²) < 4.78 is 5.63. The second kappa shape index (κ2) is 12.5. The lowest BCUT2D eigenvalue weighted by molar-refractivity contribution is 0.149. The van der Waals surface area contributed by atoms with Crippen molar-refractivity contribution in [1.29, 1.82) is 0 Å². The molecule has 0 unspecified atom stereocenters. The van der Waals surface area contributed by atoms with Gasteiger partial charge in [-0.1, -0.05) is 135 Å². The summed E-state index contributed by atoms with van der Waals surface area (Å²) in [4.78, 5) is 0. The van der Waals surface area contributed by atoms with E-state index in [2.05, 4.69) is 142 Å². The number of rotatable bonds is 2. The first kappa shape index (κ1) is 37.6. The monoisotopic (exact) mass is 823 g/mol. The molecule has 0 saturated heterocycles. The van der Waals surface area contributed by atoms with Gasteiger partial charge in [-0.2, -0.15) is 0 Å². The molecule has 63 heavy (non-hydrogen) atoms. The molecule has 8 aromatic rings. The van der Waals surface area contributed by atoms with E-state index in [1.165, 1.54) is 183 Å². The number of nitrogens with zero attached hydrogens (tertiary/aromatic N) is 2. The van der Waals surface area contributed by atoms with Gasteiger partial charge in [0, 0.05) is 43.5 Å². The molecule has 0 amide bonds. The van der Waals surface area contributed by atoms with Crippen molar-refractivity contribution in [3.63, 3.8) is 0 Å². The van der Waals surface area contributed by atoms with Gasteiger partial charge in [0.05, 0.1) is 16.7 Å². The molecule has 0 spiro atoms. The molecular weight excluding hydrogens is 759 g/mol. The molecule has 3 heteroatoms. The summed E-state index contributed by atoms with van der Waals surface area (Å²) in [6.07, 6.45) is 19.4. The fraction of sp³-hybridized carbons (Fsp3) is 0.433. The molecule has 316 valence electrons. The van der Waals surface area contributed by atoms with E-state index in [0.29, 0.717) is 5.41 Å².